The molecule has 2 heterocycles. The van der Waals surface area contributed by atoms with Crippen molar-refractivity contribution in [2.45, 2.75) is 18.8 Å². The molecule has 2 aromatic rings. The van der Waals surface area contributed by atoms with Gasteiger partial charge in [0.25, 0.3) is 0 Å². The maximum absolute atomic E-state index is 5.54. The number of benzene rings is 1. The molecular formula is C14H16N2O. The van der Waals surface area contributed by atoms with Crippen molar-refractivity contribution in [2.75, 3.05) is 13.1 Å². The minimum Gasteiger partial charge on any atom is -0.448 e. The summed E-state index contributed by atoms with van der Waals surface area (Å²) in [7, 11) is 0. The number of nitrogens with one attached hydrogen (secondary N) is 1. The molecule has 0 saturated carbocycles. The van der Waals surface area contributed by atoms with Crippen molar-refractivity contribution in [3.05, 3.63) is 53.7 Å². The standard InChI is InChI=1S/C14H16N2O/c1-2-4-11(5-3-1)8-14-16-13(10-17-14)12-6-7-15-9-12/h1-5,10,12,15H,6-9H2. The monoisotopic (exact) mass is 228 g/mol. The zero-order chi connectivity index (χ0) is 11.5. The summed E-state index contributed by atoms with van der Waals surface area (Å²) in [6.45, 7) is 2.11. The second kappa shape index (κ2) is 4.72. The fourth-order valence-corrected chi connectivity index (χ4v) is 2.27. The van der Waals surface area contributed by atoms with Crippen molar-refractivity contribution in [3.8, 4) is 0 Å². The van der Waals surface area contributed by atoms with Crippen LogP contribution < -0.4 is 5.32 Å². The Balaban J connectivity index is 1.72. The predicted octanol–water partition coefficient (Wildman–Crippen LogP) is 2.34. The molecule has 1 N–H and O–H groups in total. The van der Waals surface area contributed by atoms with Crippen LogP contribution in [0.1, 0.15) is 29.5 Å². The highest BCUT2D eigenvalue weighted by molar-refractivity contribution is 5.19. The number of aromatic nitrogens is 1. The molecule has 1 unspecified atom stereocenters. The minimum absolute atomic E-state index is 0.531. The first kappa shape index (κ1) is 10.5. The largest absolute Gasteiger partial charge is 0.448 e. The Kier molecular flexibility index (Phi) is 2.92. The lowest BCUT2D eigenvalue weighted by atomic mass is 10.1. The van der Waals surface area contributed by atoms with E-state index >= 15 is 0 Å². The van der Waals surface area contributed by atoms with Crippen LogP contribution in [0.15, 0.2) is 41.0 Å². The van der Waals surface area contributed by atoms with E-state index in [1.165, 1.54) is 5.56 Å². The molecule has 1 saturated heterocycles. The van der Waals surface area contributed by atoms with Crippen molar-refractivity contribution >= 4 is 0 Å². The molecule has 3 nitrogen and oxygen atoms in total. The van der Waals surface area contributed by atoms with Gasteiger partial charge in [-0.15, -0.1) is 0 Å². The van der Waals surface area contributed by atoms with Crippen LogP contribution in [0.25, 0.3) is 0 Å². The van der Waals surface area contributed by atoms with Crippen molar-refractivity contribution in [2.24, 2.45) is 0 Å². The Hall–Kier alpha value is -1.61. The molecule has 1 aliphatic heterocycles. The zero-order valence-corrected chi connectivity index (χ0v) is 9.73. The van der Waals surface area contributed by atoms with Crippen LogP contribution in [0.5, 0.6) is 0 Å². The summed E-state index contributed by atoms with van der Waals surface area (Å²) in [6.07, 6.45) is 3.76. The first-order valence-corrected chi connectivity index (χ1v) is 6.11. The maximum atomic E-state index is 5.54. The van der Waals surface area contributed by atoms with Gasteiger partial charge in [-0.05, 0) is 18.5 Å². The molecular weight excluding hydrogens is 212 g/mol. The Morgan fingerprint density at radius 3 is 2.94 bits per heavy atom. The lowest BCUT2D eigenvalue weighted by Gasteiger charge is -2.01. The summed E-state index contributed by atoms with van der Waals surface area (Å²) in [5.74, 6) is 1.35. The Labute approximate surface area is 101 Å². The third kappa shape index (κ3) is 2.39. The van der Waals surface area contributed by atoms with Gasteiger partial charge in [0.1, 0.15) is 6.26 Å². The van der Waals surface area contributed by atoms with E-state index in [0.29, 0.717) is 5.92 Å². The van der Waals surface area contributed by atoms with E-state index in [1.54, 1.807) is 0 Å². The van der Waals surface area contributed by atoms with Crippen LogP contribution >= 0.6 is 0 Å². The van der Waals surface area contributed by atoms with E-state index in [0.717, 1.165) is 37.5 Å². The first-order chi connectivity index (χ1) is 8.42. The average Bonchev–Trinajstić information content (AvgIpc) is 3.00. The van der Waals surface area contributed by atoms with Crippen LogP contribution in [0.3, 0.4) is 0 Å². The SMILES string of the molecule is c1ccc(Cc2nc(C3CCNC3)co2)cc1. The van der Waals surface area contributed by atoms with Gasteiger partial charge < -0.3 is 9.73 Å². The molecule has 88 valence electrons. The van der Waals surface area contributed by atoms with Crippen molar-refractivity contribution < 1.29 is 4.42 Å². The van der Waals surface area contributed by atoms with Gasteiger partial charge in [-0.3, -0.25) is 0 Å². The van der Waals surface area contributed by atoms with Gasteiger partial charge in [-0.2, -0.15) is 0 Å². The van der Waals surface area contributed by atoms with Gasteiger partial charge in [-0.1, -0.05) is 30.3 Å². The van der Waals surface area contributed by atoms with E-state index in [1.807, 2.05) is 24.5 Å². The summed E-state index contributed by atoms with van der Waals surface area (Å²) in [5.41, 5.74) is 2.34. The summed E-state index contributed by atoms with van der Waals surface area (Å²) >= 11 is 0. The number of hydrogen-bond donors (Lipinski definition) is 1. The molecule has 1 atom stereocenters. The van der Waals surface area contributed by atoms with Crippen LogP contribution in [-0.2, 0) is 6.42 Å². The second-order valence-electron chi connectivity index (χ2n) is 4.52. The van der Waals surface area contributed by atoms with Crippen LogP contribution in [-0.4, -0.2) is 18.1 Å². The topological polar surface area (TPSA) is 38.1 Å². The van der Waals surface area contributed by atoms with E-state index in [2.05, 4.69) is 22.4 Å². The maximum Gasteiger partial charge on any atom is 0.198 e. The summed E-state index contributed by atoms with van der Waals surface area (Å²) in [6, 6.07) is 10.3. The lowest BCUT2D eigenvalue weighted by Crippen LogP contribution is -2.08. The highest BCUT2D eigenvalue weighted by atomic mass is 16.3. The smallest absolute Gasteiger partial charge is 0.198 e. The summed E-state index contributed by atoms with van der Waals surface area (Å²) in [4.78, 5) is 4.58. The lowest BCUT2D eigenvalue weighted by molar-refractivity contribution is 0.505. The summed E-state index contributed by atoms with van der Waals surface area (Å²) in [5, 5.41) is 3.35. The quantitative estimate of drug-likeness (QED) is 0.876. The van der Waals surface area contributed by atoms with Gasteiger partial charge in [0.05, 0.1) is 5.69 Å². The molecule has 1 aromatic heterocycles. The van der Waals surface area contributed by atoms with Crippen LogP contribution in [0.2, 0.25) is 0 Å². The normalized spacial score (nSPS) is 19.6. The van der Waals surface area contributed by atoms with Crippen molar-refractivity contribution in [1.29, 1.82) is 0 Å². The highest BCUT2D eigenvalue weighted by Crippen LogP contribution is 2.22. The third-order valence-corrected chi connectivity index (χ3v) is 3.25. The molecule has 0 radical (unpaired) electrons. The van der Waals surface area contributed by atoms with Crippen LogP contribution in [0, 0.1) is 0 Å². The molecule has 0 aliphatic carbocycles. The van der Waals surface area contributed by atoms with Gasteiger partial charge >= 0.3 is 0 Å². The number of hydrogen-bond acceptors (Lipinski definition) is 3. The van der Waals surface area contributed by atoms with Crippen molar-refractivity contribution in [3.63, 3.8) is 0 Å². The van der Waals surface area contributed by atoms with E-state index in [-0.39, 0.29) is 0 Å². The van der Waals surface area contributed by atoms with E-state index in [9.17, 15) is 0 Å². The van der Waals surface area contributed by atoms with Crippen LogP contribution in [0.4, 0.5) is 0 Å². The minimum atomic E-state index is 0.531. The summed E-state index contributed by atoms with van der Waals surface area (Å²) < 4.78 is 5.54. The first-order valence-electron chi connectivity index (χ1n) is 6.11. The molecule has 0 bridgehead atoms. The fourth-order valence-electron chi connectivity index (χ4n) is 2.27. The van der Waals surface area contributed by atoms with Gasteiger partial charge in [0.2, 0.25) is 0 Å². The number of oxazole rings is 1. The third-order valence-electron chi connectivity index (χ3n) is 3.25. The number of nitrogens with zero attached hydrogens (tertiary/aromatic N) is 1. The van der Waals surface area contributed by atoms with E-state index in [4.69, 9.17) is 4.42 Å². The molecule has 1 fully saturated rings. The molecule has 3 rings (SSSR count). The highest BCUT2D eigenvalue weighted by Gasteiger charge is 2.20. The molecule has 0 spiro atoms. The average molecular weight is 228 g/mol. The molecule has 3 heteroatoms. The van der Waals surface area contributed by atoms with Gasteiger partial charge in [0.15, 0.2) is 5.89 Å². The Morgan fingerprint density at radius 2 is 2.18 bits per heavy atom. The molecule has 0 amide bonds. The zero-order valence-electron chi connectivity index (χ0n) is 9.73. The fraction of sp³-hybridized carbons (Fsp3) is 0.357. The molecule has 17 heavy (non-hydrogen) atoms. The van der Waals surface area contributed by atoms with Gasteiger partial charge in [0, 0.05) is 18.9 Å². The second-order valence-corrected chi connectivity index (χ2v) is 4.52. The predicted molar refractivity (Wildman–Crippen MR) is 66.0 cm³/mol. The van der Waals surface area contributed by atoms with Gasteiger partial charge in [-0.25, -0.2) is 4.98 Å². The number of rotatable bonds is 3. The molecule has 1 aliphatic rings. The van der Waals surface area contributed by atoms with E-state index < -0.39 is 0 Å². The Morgan fingerprint density at radius 1 is 1.29 bits per heavy atom. The molecule has 1 aromatic carbocycles. The Bertz CT molecular complexity index is 472. The van der Waals surface area contributed by atoms with Crippen molar-refractivity contribution in [1.82, 2.24) is 10.3 Å².